The minimum absolute atomic E-state index is 0.764. The van der Waals surface area contributed by atoms with Gasteiger partial charge in [0, 0.05) is 6.04 Å². The summed E-state index contributed by atoms with van der Waals surface area (Å²) in [5, 5.41) is 3.39. The molecule has 1 N–H and O–H groups in total. The topological polar surface area (TPSA) is 12.0 Å². The molecular formula is C11H21N. The molecule has 12 heavy (non-hydrogen) atoms. The van der Waals surface area contributed by atoms with Crippen molar-refractivity contribution in [3.8, 4) is 0 Å². The van der Waals surface area contributed by atoms with Crippen LogP contribution < -0.4 is 5.32 Å². The summed E-state index contributed by atoms with van der Waals surface area (Å²) in [5.41, 5.74) is 0. The zero-order valence-electron chi connectivity index (χ0n) is 8.34. The molecule has 0 aliphatic heterocycles. The van der Waals surface area contributed by atoms with Gasteiger partial charge in [-0.15, -0.1) is 6.58 Å². The lowest BCUT2D eigenvalue weighted by atomic mass is 9.91. The van der Waals surface area contributed by atoms with Gasteiger partial charge >= 0.3 is 0 Å². The molecule has 1 aliphatic rings. The van der Waals surface area contributed by atoms with Gasteiger partial charge in [0.1, 0.15) is 0 Å². The summed E-state index contributed by atoms with van der Waals surface area (Å²) in [5.74, 6) is 1.79. The lowest BCUT2D eigenvalue weighted by molar-refractivity contribution is 0.350. The molecule has 1 nitrogen and oxygen atoms in total. The van der Waals surface area contributed by atoms with Gasteiger partial charge in [-0.2, -0.15) is 0 Å². The fourth-order valence-electron chi connectivity index (χ4n) is 2.39. The van der Waals surface area contributed by atoms with E-state index in [2.05, 4.69) is 25.9 Å². The fraction of sp³-hybridized carbons (Fsp3) is 0.818. The van der Waals surface area contributed by atoms with E-state index >= 15 is 0 Å². The summed E-state index contributed by atoms with van der Waals surface area (Å²) >= 11 is 0. The SMILES string of the molecule is C=CCCC1CCC(NC)C1C. The molecule has 3 atom stereocenters. The molecule has 0 bridgehead atoms. The Morgan fingerprint density at radius 1 is 1.50 bits per heavy atom. The van der Waals surface area contributed by atoms with Crippen molar-refractivity contribution in [1.29, 1.82) is 0 Å². The number of hydrogen-bond donors (Lipinski definition) is 1. The van der Waals surface area contributed by atoms with Crippen molar-refractivity contribution in [3.05, 3.63) is 12.7 Å². The van der Waals surface area contributed by atoms with Crippen LogP contribution in [-0.2, 0) is 0 Å². The first-order valence-electron chi connectivity index (χ1n) is 5.07. The lowest BCUT2D eigenvalue weighted by Gasteiger charge is -2.19. The van der Waals surface area contributed by atoms with Crippen LogP contribution in [0.25, 0.3) is 0 Å². The molecule has 1 aliphatic carbocycles. The van der Waals surface area contributed by atoms with Crippen molar-refractivity contribution in [2.75, 3.05) is 7.05 Å². The second kappa shape index (κ2) is 4.66. The van der Waals surface area contributed by atoms with E-state index in [1.165, 1.54) is 25.7 Å². The molecule has 0 saturated heterocycles. The predicted molar refractivity (Wildman–Crippen MR) is 54.2 cm³/mol. The summed E-state index contributed by atoms with van der Waals surface area (Å²) < 4.78 is 0. The van der Waals surface area contributed by atoms with Crippen molar-refractivity contribution < 1.29 is 0 Å². The van der Waals surface area contributed by atoms with E-state index in [0.29, 0.717) is 0 Å². The third-order valence-corrected chi connectivity index (χ3v) is 3.34. The largest absolute Gasteiger partial charge is 0.317 e. The summed E-state index contributed by atoms with van der Waals surface area (Å²) in [6, 6.07) is 0.764. The Balaban J connectivity index is 2.32. The molecule has 70 valence electrons. The zero-order chi connectivity index (χ0) is 8.97. The molecule has 1 fully saturated rings. The maximum atomic E-state index is 3.77. The van der Waals surface area contributed by atoms with Crippen molar-refractivity contribution in [1.82, 2.24) is 5.32 Å². The van der Waals surface area contributed by atoms with E-state index < -0.39 is 0 Å². The van der Waals surface area contributed by atoms with Crippen LogP contribution >= 0.6 is 0 Å². The maximum absolute atomic E-state index is 3.77. The van der Waals surface area contributed by atoms with Gasteiger partial charge in [-0.05, 0) is 44.6 Å². The first kappa shape index (κ1) is 9.79. The quantitative estimate of drug-likeness (QED) is 0.635. The van der Waals surface area contributed by atoms with Gasteiger partial charge in [0.25, 0.3) is 0 Å². The second-order valence-electron chi connectivity index (χ2n) is 3.96. The van der Waals surface area contributed by atoms with E-state index in [1.807, 2.05) is 6.08 Å². The van der Waals surface area contributed by atoms with E-state index in [0.717, 1.165) is 17.9 Å². The second-order valence-corrected chi connectivity index (χ2v) is 3.96. The molecule has 3 unspecified atom stereocenters. The smallest absolute Gasteiger partial charge is 0.00924 e. The molecule has 0 radical (unpaired) electrons. The predicted octanol–water partition coefficient (Wildman–Crippen LogP) is 2.59. The highest BCUT2D eigenvalue weighted by Crippen LogP contribution is 2.34. The molecule has 1 rings (SSSR count). The molecule has 1 heteroatoms. The molecule has 0 spiro atoms. The molecule has 0 heterocycles. The van der Waals surface area contributed by atoms with Crippen molar-refractivity contribution in [2.45, 2.75) is 38.6 Å². The summed E-state index contributed by atoms with van der Waals surface area (Å²) in [6.07, 6.45) is 7.33. The normalized spacial score (nSPS) is 35.3. The first-order valence-corrected chi connectivity index (χ1v) is 5.07. The van der Waals surface area contributed by atoms with Gasteiger partial charge in [0.2, 0.25) is 0 Å². The Kier molecular flexibility index (Phi) is 3.80. The Labute approximate surface area is 76.2 Å². The average molecular weight is 167 g/mol. The fourth-order valence-corrected chi connectivity index (χ4v) is 2.39. The van der Waals surface area contributed by atoms with Crippen LogP contribution in [0, 0.1) is 11.8 Å². The van der Waals surface area contributed by atoms with Crippen molar-refractivity contribution in [2.24, 2.45) is 11.8 Å². The molecule has 0 amide bonds. The Hall–Kier alpha value is -0.300. The number of nitrogens with one attached hydrogen (secondary N) is 1. The van der Waals surface area contributed by atoms with Gasteiger partial charge < -0.3 is 5.32 Å². The van der Waals surface area contributed by atoms with Crippen LogP contribution in [0.1, 0.15) is 32.6 Å². The Morgan fingerprint density at radius 3 is 2.75 bits per heavy atom. The van der Waals surface area contributed by atoms with Crippen molar-refractivity contribution >= 4 is 0 Å². The third-order valence-electron chi connectivity index (χ3n) is 3.34. The first-order chi connectivity index (χ1) is 5.79. The highest BCUT2D eigenvalue weighted by Gasteiger charge is 2.30. The van der Waals surface area contributed by atoms with Crippen LogP contribution in [0.5, 0.6) is 0 Å². The van der Waals surface area contributed by atoms with Crippen molar-refractivity contribution in [3.63, 3.8) is 0 Å². The standard InChI is InChI=1S/C11H21N/c1-4-5-6-10-7-8-11(12-3)9(10)2/h4,9-12H,1,5-8H2,2-3H3. The molecular weight excluding hydrogens is 146 g/mol. The van der Waals surface area contributed by atoms with Gasteiger partial charge in [-0.3, -0.25) is 0 Å². The van der Waals surface area contributed by atoms with E-state index in [9.17, 15) is 0 Å². The monoisotopic (exact) mass is 167 g/mol. The highest BCUT2D eigenvalue weighted by molar-refractivity contribution is 4.87. The van der Waals surface area contributed by atoms with E-state index in [1.54, 1.807) is 0 Å². The summed E-state index contributed by atoms with van der Waals surface area (Å²) in [6.45, 7) is 6.15. The van der Waals surface area contributed by atoms with E-state index in [-0.39, 0.29) is 0 Å². The van der Waals surface area contributed by atoms with Crippen LogP contribution in [0.2, 0.25) is 0 Å². The number of hydrogen-bond acceptors (Lipinski definition) is 1. The van der Waals surface area contributed by atoms with Crippen LogP contribution in [0.15, 0.2) is 12.7 Å². The zero-order valence-corrected chi connectivity index (χ0v) is 8.34. The minimum Gasteiger partial charge on any atom is -0.317 e. The lowest BCUT2D eigenvalue weighted by Crippen LogP contribution is -2.29. The average Bonchev–Trinajstić information content (AvgIpc) is 2.43. The van der Waals surface area contributed by atoms with Gasteiger partial charge in [0.05, 0.1) is 0 Å². The summed E-state index contributed by atoms with van der Waals surface area (Å²) in [7, 11) is 2.08. The minimum atomic E-state index is 0.764. The molecule has 1 saturated carbocycles. The summed E-state index contributed by atoms with van der Waals surface area (Å²) in [4.78, 5) is 0. The van der Waals surface area contributed by atoms with Gasteiger partial charge in [-0.25, -0.2) is 0 Å². The molecule has 0 aromatic heterocycles. The highest BCUT2D eigenvalue weighted by atomic mass is 14.9. The van der Waals surface area contributed by atoms with Crippen LogP contribution in [0.3, 0.4) is 0 Å². The molecule has 0 aromatic carbocycles. The van der Waals surface area contributed by atoms with Gasteiger partial charge in [0.15, 0.2) is 0 Å². The Bertz CT molecular complexity index is 142. The van der Waals surface area contributed by atoms with Gasteiger partial charge in [-0.1, -0.05) is 13.0 Å². The van der Waals surface area contributed by atoms with Crippen LogP contribution in [-0.4, -0.2) is 13.1 Å². The number of rotatable bonds is 4. The van der Waals surface area contributed by atoms with Crippen LogP contribution in [0.4, 0.5) is 0 Å². The third kappa shape index (κ3) is 2.10. The van der Waals surface area contributed by atoms with E-state index in [4.69, 9.17) is 0 Å². The Morgan fingerprint density at radius 2 is 2.25 bits per heavy atom. The number of allylic oxidation sites excluding steroid dienone is 1. The molecule has 0 aromatic rings. The maximum Gasteiger partial charge on any atom is 0.00924 e.